The number of rotatable bonds is 4. The Hall–Kier alpha value is -1.10. The third kappa shape index (κ3) is 2.72. The van der Waals surface area contributed by atoms with Gasteiger partial charge in [0.1, 0.15) is 11.6 Å². The van der Waals surface area contributed by atoms with E-state index in [4.69, 9.17) is 9.84 Å². The number of carboxylic acid groups (broad SMARTS) is 1. The molecule has 0 radical (unpaired) electrons. The fraction of sp³-hybridized carbons (Fsp3) is 0.364. The van der Waals surface area contributed by atoms with E-state index in [9.17, 15) is 9.18 Å². The van der Waals surface area contributed by atoms with Crippen LogP contribution in [0.2, 0.25) is 0 Å². The molecule has 0 spiro atoms. The summed E-state index contributed by atoms with van der Waals surface area (Å²) >= 11 is 3.16. The normalized spacial score (nSPS) is 22.9. The molecule has 0 amide bonds. The van der Waals surface area contributed by atoms with Crippen molar-refractivity contribution in [1.29, 1.82) is 0 Å². The highest BCUT2D eigenvalue weighted by Gasteiger charge is 2.43. The Balaban J connectivity index is 1.89. The summed E-state index contributed by atoms with van der Waals surface area (Å²) in [6.45, 7) is 0.326. The summed E-state index contributed by atoms with van der Waals surface area (Å²) in [5, 5.41) is 8.69. The molecule has 1 fully saturated rings. The van der Waals surface area contributed by atoms with Crippen molar-refractivity contribution in [1.82, 2.24) is 0 Å². The van der Waals surface area contributed by atoms with Crippen LogP contribution in [0.25, 0.3) is 0 Å². The molecule has 16 heavy (non-hydrogen) atoms. The van der Waals surface area contributed by atoms with Gasteiger partial charge in [-0.2, -0.15) is 0 Å². The number of carbonyl (C=O) groups is 1. The van der Waals surface area contributed by atoms with E-state index in [0.717, 1.165) is 0 Å². The molecule has 0 heterocycles. The maximum atomic E-state index is 13.0. The average Bonchev–Trinajstić information content (AvgIpc) is 2.92. The van der Waals surface area contributed by atoms with E-state index in [1.54, 1.807) is 6.07 Å². The van der Waals surface area contributed by atoms with Crippen LogP contribution >= 0.6 is 15.9 Å². The first kappa shape index (κ1) is 11.4. The Kier molecular flexibility index (Phi) is 3.14. The van der Waals surface area contributed by atoms with Crippen LogP contribution in [0, 0.1) is 17.7 Å². The maximum Gasteiger partial charge on any atom is 0.306 e. The molecule has 1 N–H and O–H groups in total. The van der Waals surface area contributed by atoms with Crippen molar-refractivity contribution in [2.24, 2.45) is 11.8 Å². The minimum absolute atomic E-state index is 0.0551. The molecule has 86 valence electrons. The molecule has 1 aliphatic rings. The highest BCUT2D eigenvalue weighted by Crippen LogP contribution is 2.39. The van der Waals surface area contributed by atoms with E-state index in [1.165, 1.54) is 12.1 Å². The Bertz CT molecular complexity index is 401. The molecule has 0 aliphatic heterocycles. The summed E-state index contributed by atoms with van der Waals surface area (Å²) in [5.41, 5.74) is 0. The highest BCUT2D eigenvalue weighted by molar-refractivity contribution is 9.10. The minimum atomic E-state index is -0.783. The van der Waals surface area contributed by atoms with Gasteiger partial charge in [0.2, 0.25) is 0 Å². The van der Waals surface area contributed by atoms with Crippen LogP contribution in [0.15, 0.2) is 22.7 Å². The molecule has 1 saturated carbocycles. The first-order chi connectivity index (χ1) is 7.56. The van der Waals surface area contributed by atoms with E-state index in [1.807, 2.05) is 0 Å². The van der Waals surface area contributed by atoms with Gasteiger partial charge in [0.15, 0.2) is 0 Å². The number of halogens is 2. The monoisotopic (exact) mass is 288 g/mol. The SMILES string of the molecule is O=C(O)[C@@H]1C[C@H]1COc1cc(F)cc(Br)c1. The van der Waals surface area contributed by atoms with Gasteiger partial charge in [-0.15, -0.1) is 0 Å². The highest BCUT2D eigenvalue weighted by atomic mass is 79.9. The van der Waals surface area contributed by atoms with Crippen LogP contribution < -0.4 is 4.74 Å². The molecular formula is C11H10BrFO3. The lowest BCUT2D eigenvalue weighted by atomic mass is 10.3. The number of hydrogen-bond donors (Lipinski definition) is 1. The van der Waals surface area contributed by atoms with Crippen molar-refractivity contribution >= 4 is 21.9 Å². The maximum absolute atomic E-state index is 13.0. The van der Waals surface area contributed by atoms with Crippen LogP contribution in [-0.4, -0.2) is 17.7 Å². The van der Waals surface area contributed by atoms with Gasteiger partial charge in [0.25, 0.3) is 0 Å². The second-order valence-electron chi connectivity index (χ2n) is 3.86. The van der Waals surface area contributed by atoms with Gasteiger partial charge < -0.3 is 9.84 Å². The van der Waals surface area contributed by atoms with Gasteiger partial charge in [0, 0.05) is 16.5 Å². The molecule has 0 saturated heterocycles. The zero-order chi connectivity index (χ0) is 11.7. The molecule has 1 aliphatic carbocycles. The van der Waals surface area contributed by atoms with E-state index in [2.05, 4.69) is 15.9 Å². The fourth-order valence-corrected chi connectivity index (χ4v) is 1.99. The van der Waals surface area contributed by atoms with Gasteiger partial charge in [-0.1, -0.05) is 15.9 Å². The minimum Gasteiger partial charge on any atom is -0.493 e. The molecule has 0 aromatic heterocycles. The fourth-order valence-electron chi connectivity index (χ4n) is 1.55. The predicted octanol–water partition coefficient (Wildman–Crippen LogP) is 2.69. The summed E-state index contributed by atoms with van der Waals surface area (Å²) in [7, 11) is 0. The van der Waals surface area contributed by atoms with E-state index >= 15 is 0 Å². The lowest BCUT2D eigenvalue weighted by Gasteiger charge is -2.05. The summed E-state index contributed by atoms with van der Waals surface area (Å²) in [5.74, 6) is -0.983. The van der Waals surface area contributed by atoms with Crippen molar-refractivity contribution in [2.45, 2.75) is 6.42 Å². The standard InChI is InChI=1S/C11H10BrFO3/c12-7-2-8(13)4-9(3-7)16-5-6-1-10(6)11(14)15/h2-4,6,10H,1,5H2,(H,14,15)/t6-,10+/m0/s1. The third-order valence-electron chi connectivity index (χ3n) is 2.54. The molecule has 0 unspecified atom stereocenters. The Morgan fingerprint density at radius 2 is 2.31 bits per heavy atom. The number of carboxylic acids is 1. The number of hydrogen-bond acceptors (Lipinski definition) is 2. The topological polar surface area (TPSA) is 46.5 Å². The van der Waals surface area contributed by atoms with Crippen LogP contribution in [0.4, 0.5) is 4.39 Å². The van der Waals surface area contributed by atoms with Crippen molar-refractivity contribution in [2.75, 3.05) is 6.61 Å². The summed E-state index contributed by atoms with van der Waals surface area (Å²) in [6.07, 6.45) is 0.645. The number of ether oxygens (including phenoxy) is 1. The first-order valence-corrected chi connectivity index (χ1v) is 5.67. The third-order valence-corrected chi connectivity index (χ3v) is 3.00. The first-order valence-electron chi connectivity index (χ1n) is 4.88. The van der Waals surface area contributed by atoms with Gasteiger partial charge in [0.05, 0.1) is 12.5 Å². The van der Waals surface area contributed by atoms with Crippen LogP contribution in [0.3, 0.4) is 0 Å². The Morgan fingerprint density at radius 1 is 1.56 bits per heavy atom. The van der Waals surface area contributed by atoms with E-state index < -0.39 is 5.97 Å². The lowest BCUT2D eigenvalue weighted by molar-refractivity contribution is -0.138. The summed E-state index contributed by atoms with van der Waals surface area (Å²) < 4.78 is 18.9. The van der Waals surface area contributed by atoms with Crippen molar-refractivity contribution < 1.29 is 19.0 Å². The van der Waals surface area contributed by atoms with Gasteiger partial charge in [-0.05, 0) is 18.6 Å². The van der Waals surface area contributed by atoms with E-state index in [0.29, 0.717) is 23.2 Å². The van der Waals surface area contributed by atoms with Crippen molar-refractivity contribution in [3.8, 4) is 5.75 Å². The zero-order valence-electron chi connectivity index (χ0n) is 8.32. The van der Waals surface area contributed by atoms with Crippen molar-refractivity contribution in [3.63, 3.8) is 0 Å². The number of benzene rings is 1. The molecular weight excluding hydrogens is 279 g/mol. The molecule has 1 aromatic carbocycles. The Labute approximate surface area is 100 Å². The van der Waals surface area contributed by atoms with Crippen molar-refractivity contribution in [3.05, 3.63) is 28.5 Å². The predicted molar refractivity (Wildman–Crippen MR) is 58.8 cm³/mol. The summed E-state index contributed by atoms with van der Waals surface area (Å²) in [6, 6.07) is 4.27. The average molecular weight is 289 g/mol. The smallest absolute Gasteiger partial charge is 0.306 e. The van der Waals surface area contributed by atoms with Crippen LogP contribution in [-0.2, 0) is 4.79 Å². The molecule has 2 atom stereocenters. The molecule has 5 heteroatoms. The second-order valence-corrected chi connectivity index (χ2v) is 4.77. The number of aliphatic carboxylic acids is 1. The molecule has 1 aromatic rings. The molecule has 3 nitrogen and oxygen atoms in total. The quantitative estimate of drug-likeness (QED) is 0.927. The van der Waals surface area contributed by atoms with E-state index in [-0.39, 0.29) is 17.7 Å². The molecule has 0 bridgehead atoms. The second kappa shape index (κ2) is 4.41. The largest absolute Gasteiger partial charge is 0.493 e. The Morgan fingerprint density at radius 3 is 2.88 bits per heavy atom. The van der Waals surface area contributed by atoms with Gasteiger partial charge >= 0.3 is 5.97 Å². The van der Waals surface area contributed by atoms with Crippen LogP contribution in [0.5, 0.6) is 5.75 Å². The lowest BCUT2D eigenvalue weighted by Crippen LogP contribution is -2.06. The summed E-state index contributed by atoms with van der Waals surface area (Å²) in [4.78, 5) is 10.6. The zero-order valence-corrected chi connectivity index (χ0v) is 9.91. The van der Waals surface area contributed by atoms with Gasteiger partial charge in [-0.3, -0.25) is 4.79 Å². The molecule has 2 rings (SSSR count). The van der Waals surface area contributed by atoms with Gasteiger partial charge in [-0.25, -0.2) is 4.39 Å². The van der Waals surface area contributed by atoms with Crippen LogP contribution in [0.1, 0.15) is 6.42 Å².